The molecule has 1 saturated heterocycles. The van der Waals surface area contributed by atoms with Crippen LogP contribution in [0.15, 0.2) is 12.1 Å². The lowest BCUT2D eigenvalue weighted by Crippen LogP contribution is -2.42. The molecule has 7 heteroatoms. The molecule has 5 nitrogen and oxygen atoms in total. The Labute approximate surface area is 141 Å². The number of benzene rings is 1. The first-order valence-corrected chi connectivity index (χ1v) is 7.67. The third-order valence-corrected chi connectivity index (χ3v) is 4.43. The first-order chi connectivity index (χ1) is 10.6. The van der Waals surface area contributed by atoms with Crippen LogP contribution in [0.1, 0.15) is 30.9 Å². The predicted octanol–water partition coefficient (Wildman–Crippen LogP) is 1.84. The molecule has 1 aromatic rings. The Bertz CT molecular complexity index is 624. The zero-order valence-electron chi connectivity index (χ0n) is 13.0. The maximum atomic E-state index is 14.5. The van der Waals surface area contributed by atoms with Crippen LogP contribution in [-0.2, 0) is 22.6 Å². The lowest BCUT2D eigenvalue weighted by atomic mass is 9.99. The number of halogens is 2. The number of amides is 2. The summed E-state index contributed by atoms with van der Waals surface area (Å²) in [5.74, 6) is -0.769. The van der Waals surface area contributed by atoms with Gasteiger partial charge in [-0.15, -0.1) is 12.4 Å². The van der Waals surface area contributed by atoms with Crippen molar-refractivity contribution in [2.24, 2.45) is 0 Å². The number of fused-ring (bicyclic) bond motifs is 1. The van der Waals surface area contributed by atoms with Gasteiger partial charge in [-0.25, -0.2) is 4.39 Å². The summed E-state index contributed by atoms with van der Waals surface area (Å²) in [6, 6.07) is 2.96. The molecule has 0 bridgehead atoms. The molecule has 0 spiro atoms. The van der Waals surface area contributed by atoms with Gasteiger partial charge in [0.15, 0.2) is 0 Å². The summed E-state index contributed by atoms with van der Waals surface area (Å²) in [4.78, 5) is 25.5. The number of rotatable bonds is 2. The molecule has 2 N–H and O–H groups in total. The van der Waals surface area contributed by atoms with E-state index >= 15 is 0 Å². The monoisotopic (exact) mass is 341 g/mol. The quantitative estimate of drug-likeness (QED) is 0.863. The van der Waals surface area contributed by atoms with Gasteiger partial charge in [-0.1, -0.05) is 6.07 Å². The molecule has 1 fully saturated rings. The van der Waals surface area contributed by atoms with Crippen LogP contribution in [0.4, 0.5) is 10.1 Å². The molecule has 0 aliphatic carbocycles. The van der Waals surface area contributed by atoms with E-state index in [1.807, 2.05) is 6.07 Å². The normalized spacial score (nSPS) is 19.7. The van der Waals surface area contributed by atoms with Crippen molar-refractivity contribution >= 4 is 29.9 Å². The van der Waals surface area contributed by atoms with E-state index in [-0.39, 0.29) is 35.7 Å². The highest BCUT2D eigenvalue weighted by Gasteiger charge is 2.32. The second-order valence-electron chi connectivity index (χ2n) is 5.85. The van der Waals surface area contributed by atoms with Crippen molar-refractivity contribution in [2.75, 3.05) is 18.4 Å². The van der Waals surface area contributed by atoms with Crippen LogP contribution in [0.3, 0.4) is 0 Å². The minimum Gasteiger partial charge on any atom is -0.331 e. The summed E-state index contributed by atoms with van der Waals surface area (Å²) in [7, 11) is 0. The molecule has 1 unspecified atom stereocenters. The molecule has 0 aromatic heterocycles. The minimum atomic E-state index is -0.491. The van der Waals surface area contributed by atoms with Crippen molar-refractivity contribution in [3.63, 3.8) is 0 Å². The zero-order chi connectivity index (χ0) is 15.7. The van der Waals surface area contributed by atoms with Gasteiger partial charge in [0.2, 0.25) is 11.8 Å². The molecule has 2 heterocycles. The molecular formula is C16H21ClFN3O2. The molecule has 1 aromatic carbocycles. The van der Waals surface area contributed by atoms with Crippen molar-refractivity contribution in [1.82, 2.24) is 10.2 Å². The van der Waals surface area contributed by atoms with Crippen LogP contribution < -0.4 is 10.6 Å². The summed E-state index contributed by atoms with van der Waals surface area (Å²) < 4.78 is 14.5. The highest BCUT2D eigenvalue weighted by molar-refractivity contribution is 5.97. The summed E-state index contributed by atoms with van der Waals surface area (Å²) in [5.41, 5.74) is 1.82. The van der Waals surface area contributed by atoms with Crippen molar-refractivity contribution in [1.29, 1.82) is 0 Å². The van der Waals surface area contributed by atoms with Crippen LogP contribution in [-0.4, -0.2) is 35.8 Å². The summed E-state index contributed by atoms with van der Waals surface area (Å²) >= 11 is 0. The van der Waals surface area contributed by atoms with Crippen LogP contribution in [0.5, 0.6) is 0 Å². The number of carbonyl (C=O) groups excluding carboxylic acids is 2. The number of carbonyl (C=O) groups is 2. The SMILES string of the molecule is CC(=O)N1CCCC1C(=O)Nc1ccc2c(c1F)CCNC2.Cl. The van der Waals surface area contributed by atoms with Gasteiger partial charge >= 0.3 is 0 Å². The van der Waals surface area contributed by atoms with Gasteiger partial charge < -0.3 is 15.5 Å². The Morgan fingerprint density at radius 2 is 2.17 bits per heavy atom. The van der Waals surface area contributed by atoms with Crippen molar-refractivity contribution in [3.05, 3.63) is 29.1 Å². The molecule has 2 aliphatic heterocycles. The molecule has 0 radical (unpaired) electrons. The number of hydrogen-bond donors (Lipinski definition) is 2. The van der Waals surface area contributed by atoms with Gasteiger partial charge in [0.05, 0.1) is 5.69 Å². The minimum absolute atomic E-state index is 0. The van der Waals surface area contributed by atoms with Crippen LogP contribution >= 0.6 is 12.4 Å². The van der Waals surface area contributed by atoms with Gasteiger partial charge in [0.25, 0.3) is 0 Å². The molecule has 23 heavy (non-hydrogen) atoms. The van der Waals surface area contributed by atoms with Crippen LogP contribution in [0, 0.1) is 5.82 Å². The lowest BCUT2D eigenvalue weighted by Gasteiger charge is -2.23. The second kappa shape index (κ2) is 7.27. The Morgan fingerprint density at radius 3 is 2.91 bits per heavy atom. The van der Waals surface area contributed by atoms with E-state index in [9.17, 15) is 14.0 Å². The van der Waals surface area contributed by atoms with E-state index in [1.54, 1.807) is 11.0 Å². The number of nitrogens with one attached hydrogen (secondary N) is 2. The first kappa shape index (κ1) is 17.7. The average molecular weight is 342 g/mol. The third kappa shape index (κ3) is 3.48. The topological polar surface area (TPSA) is 61.4 Å². The fraction of sp³-hybridized carbons (Fsp3) is 0.500. The Kier molecular flexibility index (Phi) is 5.59. The van der Waals surface area contributed by atoms with Gasteiger partial charge in [-0.2, -0.15) is 0 Å². The van der Waals surface area contributed by atoms with Gasteiger partial charge in [0.1, 0.15) is 11.9 Å². The second-order valence-corrected chi connectivity index (χ2v) is 5.85. The predicted molar refractivity (Wildman–Crippen MR) is 88.1 cm³/mol. The average Bonchev–Trinajstić information content (AvgIpc) is 3.00. The maximum absolute atomic E-state index is 14.5. The van der Waals surface area contributed by atoms with Crippen molar-refractivity contribution in [3.8, 4) is 0 Å². The molecule has 1 atom stereocenters. The molecule has 0 saturated carbocycles. The Morgan fingerprint density at radius 1 is 1.39 bits per heavy atom. The Hall–Kier alpha value is -1.66. The summed E-state index contributed by atoms with van der Waals surface area (Å²) in [6.45, 7) is 3.44. The largest absolute Gasteiger partial charge is 0.331 e. The molecular weight excluding hydrogens is 321 g/mol. The van der Waals surface area contributed by atoms with Gasteiger partial charge in [-0.3, -0.25) is 9.59 Å². The molecule has 126 valence electrons. The highest BCUT2D eigenvalue weighted by atomic mass is 35.5. The zero-order valence-corrected chi connectivity index (χ0v) is 13.8. The van der Waals surface area contributed by atoms with E-state index in [0.29, 0.717) is 31.5 Å². The van der Waals surface area contributed by atoms with E-state index < -0.39 is 6.04 Å². The smallest absolute Gasteiger partial charge is 0.247 e. The number of hydrogen-bond acceptors (Lipinski definition) is 3. The van der Waals surface area contributed by atoms with E-state index in [2.05, 4.69) is 10.6 Å². The number of likely N-dealkylation sites (tertiary alicyclic amines) is 1. The summed E-state index contributed by atoms with van der Waals surface area (Å²) in [5, 5.41) is 5.85. The fourth-order valence-electron chi connectivity index (χ4n) is 3.26. The lowest BCUT2D eigenvalue weighted by molar-refractivity contribution is -0.134. The maximum Gasteiger partial charge on any atom is 0.247 e. The van der Waals surface area contributed by atoms with Gasteiger partial charge in [0, 0.05) is 20.0 Å². The molecule has 2 amide bonds. The molecule has 2 aliphatic rings. The third-order valence-electron chi connectivity index (χ3n) is 4.43. The first-order valence-electron chi connectivity index (χ1n) is 7.67. The summed E-state index contributed by atoms with van der Waals surface area (Å²) in [6.07, 6.45) is 2.05. The van der Waals surface area contributed by atoms with E-state index in [1.165, 1.54) is 6.92 Å². The van der Waals surface area contributed by atoms with Crippen molar-refractivity contribution < 1.29 is 14.0 Å². The standard InChI is InChI=1S/C16H20FN3O2.ClH/c1-10(21)20-8-2-3-14(20)16(22)19-13-5-4-11-9-18-7-6-12(11)15(13)17;/h4-5,14,18H,2-3,6-9H2,1H3,(H,19,22);1H. The Balaban J connectivity index is 0.00000192. The van der Waals surface area contributed by atoms with Crippen LogP contribution in [0.2, 0.25) is 0 Å². The van der Waals surface area contributed by atoms with E-state index in [0.717, 1.165) is 18.5 Å². The van der Waals surface area contributed by atoms with Crippen LogP contribution in [0.25, 0.3) is 0 Å². The molecule has 3 rings (SSSR count). The van der Waals surface area contributed by atoms with Crippen molar-refractivity contribution in [2.45, 2.75) is 38.8 Å². The number of anilines is 1. The van der Waals surface area contributed by atoms with E-state index in [4.69, 9.17) is 0 Å². The number of nitrogens with zero attached hydrogens (tertiary/aromatic N) is 1. The van der Waals surface area contributed by atoms with Gasteiger partial charge in [-0.05, 0) is 43.0 Å². The fourth-order valence-corrected chi connectivity index (χ4v) is 3.26. The highest BCUT2D eigenvalue weighted by Crippen LogP contribution is 2.26.